The molecule has 2 aliphatic heterocycles. The van der Waals surface area contributed by atoms with Crippen LogP contribution in [0, 0.1) is 17.7 Å². The molecule has 2 saturated heterocycles. The van der Waals surface area contributed by atoms with Gasteiger partial charge in [0, 0.05) is 43.6 Å². The van der Waals surface area contributed by atoms with Gasteiger partial charge < -0.3 is 20.7 Å². The minimum atomic E-state index is -0.308. The summed E-state index contributed by atoms with van der Waals surface area (Å²) in [5.74, 6) is 0.429. The van der Waals surface area contributed by atoms with E-state index in [4.69, 9.17) is 16.3 Å². The van der Waals surface area contributed by atoms with Gasteiger partial charge in [0.1, 0.15) is 11.6 Å². The molecule has 2 fully saturated rings. The zero-order chi connectivity index (χ0) is 23.4. The molecule has 2 aromatic rings. The van der Waals surface area contributed by atoms with Crippen molar-refractivity contribution in [3.8, 4) is 11.1 Å². The van der Waals surface area contributed by atoms with Gasteiger partial charge in [0.25, 0.3) is 0 Å². The minimum Gasteiger partial charge on any atom is -0.382 e. The second-order valence-corrected chi connectivity index (χ2v) is 10.1. The lowest BCUT2D eigenvalue weighted by Crippen LogP contribution is -2.49. The lowest BCUT2D eigenvalue weighted by atomic mass is 9.86. The van der Waals surface area contributed by atoms with Gasteiger partial charge in [-0.3, -0.25) is 4.79 Å². The molecule has 0 aliphatic carbocycles. The van der Waals surface area contributed by atoms with Gasteiger partial charge in [0.15, 0.2) is 0 Å². The Bertz CT molecular complexity index is 984. The summed E-state index contributed by atoms with van der Waals surface area (Å²) in [5.41, 5.74) is 1.95. The summed E-state index contributed by atoms with van der Waals surface area (Å²) in [4.78, 5) is 17.0. The first-order chi connectivity index (χ1) is 15.8. The number of piperidine rings is 1. The monoisotopic (exact) mass is 474 g/mol. The Hall–Kier alpha value is -2.22. The van der Waals surface area contributed by atoms with Crippen molar-refractivity contribution < 1.29 is 13.9 Å². The highest BCUT2D eigenvalue weighted by molar-refractivity contribution is 6.33. The van der Waals surface area contributed by atoms with Crippen molar-refractivity contribution in [3.63, 3.8) is 0 Å². The fourth-order valence-electron chi connectivity index (χ4n) is 4.34. The number of carbonyl (C=O) groups is 1. The predicted molar refractivity (Wildman–Crippen MR) is 130 cm³/mol. The number of aromatic nitrogens is 1. The van der Waals surface area contributed by atoms with E-state index in [9.17, 15) is 9.18 Å². The van der Waals surface area contributed by atoms with Crippen LogP contribution in [0.3, 0.4) is 0 Å². The molecular weight excluding hydrogens is 443 g/mol. The fourth-order valence-corrected chi connectivity index (χ4v) is 4.55. The average molecular weight is 475 g/mol. The number of halogens is 2. The van der Waals surface area contributed by atoms with Gasteiger partial charge in [-0.25, -0.2) is 9.37 Å². The van der Waals surface area contributed by atoms with Crippen LogP contribution in [0.5, 0.6) is 0 Å². The maximum Gasteiger partial charge on any atom is 0.229 e. The molecule has 3 N–H and O–H groups in total. The fraction of sp³-hybridized carbons (Fsp3) is 0.520. The van der Waals surface area contributed by atoms with Crippen LogP contribution in [0.25, 0.3) is 11.1 Å². The second kappa shape index (κ2) is 10.4. The van der Waals surface area contributed by atoms with Gasteiger partial charge in [-0.05, 0) is 69.2 Å². The zero-order valence-corrected chi connectivity index (χ0v) is 20.0. The largest absolute Gasteiger partial charge is 0.382 e. The maximum absolute atomic E-state index is 14.5. The van der Waals surface area contributed by atoms with Crippen molar-refractivity contribution in [2.24, 2.45) is 11.8 Å². The van der Waals surface area contributed by atoms with Crippen LogP contribution in [0.2, 0.25) is 5.02 Å². The second-order valence-electron chi connectivity index (χ2n) is 9.67. The number of pyridine rings is 1. The van der Waals surface area contributed by atoms with Gasteiger partial charge in [-0.2, -0.15) is 0 Å². The number of benzene rings is 1. The molecule has 8 heteroatoms. The number of amides is 1. The maximum atomic E-state index is 14.5. The summed E-state index contributed by atoms with van der Waals surface area (Å²) in [6, 6.07) is 6.63. The highest BCUT2D eigenvalue weighted by Gasteiger charge is 2.30. The number of carbonyl (C=O) groups excluding carboxylic acids is 1. The van der Waals surface area contributed by atoms with E-state index in [1.54, 1.807) is 18.2 Å². The number of nitrogens with one attached hydrogen (secondary N) is 3. The molecule has 3 heterocycles. The number of nitrogens with zero attached hydrogens (tertiary/aromatic N) is 1. The van der Waals surface area contributed by atoms with Crippen LogP contribution in [0.15, 0.2) is 30.5 Å². The van der Waals surface area contributed by atoms with E-state index < -0.39 is 0 Å². The van der Waals surface area contributed by atoms with Crippen molar-refractivity contribution >= 4 is 29.0 Å². The SMILES string of the molecule is CC1(C)CC[C@@H](C(=O)Nc2cc(-c3ccc(F)c(NCC4CCOCC4)c3)c(Cl)cn2)CN1. The zero-order valence-electron chi connectivity index (χ0n) is 19.2. The molecular formula is C25H32ClFN4O2. The molecule has 6 nitrogen and oxygen atoms in total. The summed E-state index contributed by atoms with van der Waals surface area (Å²) < 4.78 is 19.9. The van der Waals surface area contributed by atoms with E-state index in [2.05, 4.69) is 34.8 Å². The molecule has 178 valence electrons. The highest BCUT2D eigenvalue weighted by Crippen LogP contribution is 2.32. The first-order valence-corrected chi connectivity index (χ1v) is 12.0. The summed E-state index contributed by atoms with van der Waals surface area (Å²) in [6.07, 6.45) is 5.23. The van der Waals surface area contributed by atoms with Crippen LogP contribution >= 0.6 is 11.6 Å². The Morgan fingerprint density at radius 2 is 2.06 bits per heavy atom. The molecule has 0 radical (unpaired) electrons. The first-order valence-electron chi connectivity index (χ1n) is 11.6. The van der Waals surface area contributed by atoms with E-state index >= 15 is 0 Å². The molecule has 1 aromatic heterocycles. The number of anilines is 2. The average Bonchev–Trinajstić information content (AvgIpc) is 2.80. The molecule has 1 aromatic carbocycles. The Balaban J connectivity index is 1.46. The number of hydrogen-bond acceptors (Lipinski definition) is 5. The van der Waals surface area contributed by atoms with E-state index in [0.717, 1.165) is 44.5 Å². The summed E-state index contributed by atoms with van der Waals surface area (Å²) in [5, 5.41) is 10.0. The number of rotatable bonds is 6. The van der Waals surface area contributed by atoms with Gasteiger partial charge in [-0.15, -0.1) is 0 Å². The Morgan fingerprint density at radius 3 is 2.79 bits per heavy atom. The minimum absolute atomic E-state index is 0.0571. The highest BCUT2D eigenvalue weighted by atomic mass is 35.5. The van der Waals surface area contributed by atoms with Crippen molar-refractivity contribution in [2.45, 2.75) is 45.1 Å². The van der Waals surface area contributed by atoms with E-state index in [-0.39, 0.29) is 23.2 Å². The smallest absolute Gasteiger partial charge is 0.229 e. The Labute approximate surface area is 199 Å². The van der Waals surface area contributed by atoms with Gasteiger partial charge in [0.2, 0.25) is 5.91 Å². The topological polar surface area (TPSA) is 75.3 Å². The molecule has 1 amide bonds. The number of hydrogen-bond donors (Lipinski definition) is 3. The first kappa shape index (κ1) is 23.9. The Morgan fingerprint density at radius 1 is 1.27 bits per heavy atom. The quantitative estimate of drug-likeness (QED) is 0.543. The molecule has 0 saturated carbocycles. The summed E-state index contributed by atoms with van der Waals surface area (Å²) in [6.45, 7) is 7.13. The van der Waals surface area contributed by atoms with Crippen molar-refractivity contribution in [2.75, 3.05) is 36.9 Å². The Kier molecular flexibility index (Phi) is 7.51. The molecule has 0 spiro atoms. The molecule has 2 aliphatic rings. The van der Waals surface area contributed by atoms with Crippen LogP contribution in [-0.2, 0) is 9.53 Å². The summed E-state index contributed by atoms with van der Waals surface area (Å²) in [7, 11) is 0. The summed E-state index contributed by atoms with van der Waals surface area (Å²) >= 11 is 6.43. The third-order valence-corrected chi connectivity index (χ3v) is 6.92. The molecule has 0 bridgehead atoms. The molecule has 4 rings (SSSR count). The molecule has 33 heavy (non-hydrogen) atoms. The van der Waals surface area contributed by atoms with Crippen LogP contribution < -0.4 is 16.0 Å². The van der Waals surface area contributed by atoms with Gasteiger partial charge in [-0.1, -0.05) is 17.7 Å². The van der Waals surface area contributed by atoms with Crippen molar-refractivity contribution in [3.05, 3.63) is 41.3 Å². The lowest BCUT2D eigenvalue weighted by molar-refractivity contribution is -0.120. The van der Waals surface area contributed by atoms with Gasteiger partial charge >= 0.3 is 0 Å². The lowest BCUT2D eigenvalue weighted by Gasteiger charge is -2.35. The predicted octanol–water partition coefficient (Wildman–Crippen LogP) is 5.10. The van der Waals surface area contributed by atoms with Crippen LogP contribution in [-0.4, -0.2) is 42.7 Å². The third kappa shape index (κ3) is 6.22. The van der Waals surface area contributed by atoms with E-state index in [0.29, 0.717) is 41.1 Å². The third-order valence-electron chi connectivity index (χ3n) is 6.62. The van der Waals surface area contributed by atoms with Crippen LogP contribution in [0.4, 0.5) is 15.9 Å². The van der Waals surface area contributed by atoms with Crippen LogP contribution in [0.1, 0.15) is 39.5 Å². The normalized spacial score (nSPS) is 20.9. The number of ether oxygens (including phenoxy) is 1. The molecule has 1 atom stereocenters. The van der Waals surface area contributed by atoms with Gasteiger partial charge in [0.05, 0.1) is 16.6 Å². The standard InChI is InChI=1S/C25H32ClFN4O2/c1-25(2)8-5-18(14-30-25)24(32)31-23-12-19(20(26)15-29-23)17-3-4-21(27)22(11-17)28-13-16-6-9-33-10-7-16/h3-4,11-12,15-16,18,28,30H,5-10,13-14H2,1-2H3,(H,29,31,32)/t18-/m1/s1. The van der Waals surface area contributed by atoms with Crippen molar-refractivity contribution in [1.29, 1.82) is 0 Å². The van der Waals surface area contributed by atoms with E-state index in [1.807, 2.05) is 0 Å². The van der Waals surface area contributed by atoms with Crippen molar-refractivity contribution in [1.82, 2.24) is 10.3 Å². The van der Waals surface area contributed by atoms with E-state index in [1.165, 1.54) is 12.3 Å². The molecule has 0 unspecified atom stereocenters.